The quantitative estimate of drug-likeness (QED) is 0.863. The average Bonchev–Trinajstić information content (AvgIpc) is 2.83. The second-order valence-electron chi connectivity index (χ2n) is 5.94. The summed E-state index contributed by atoms with van der Waals surface area (Å²) >= 11 is 0. The van der Waals surface area contributed by atoms with E-state index in [1.54, 1.807) is 6.20 Å². The summed E-state index contributed by atoms with van der Waals surface area (Å²) in [5.41, 5.74) is 7.50. The lowest BCUT2D eigenvalue weighted by atomic mass is 10.0. The van der Waals surface area contributed by atoms with Crippen LogP contribution in [0.15, 0.2) is 6.20 Å². The number of hydrogen-bond donors (Lipinski definition) is 2. The van der Waals surface area contributed by atoms with Crippen LogP contribution in [-0.4, -0.2) is 28.0 Å². The van der Waals surface area contributed by atoms with Gasteiger partial charge in [-0.1, -0.05) is 6.92 Å². The molecule has 6 heteroatoms. The van der Waals surface area contributed by atoms with E-state index >= 15 is 0 Å². The zero-order valence-electron chi connectivity index (χ0n) is 11.3. The highest BCUT2D eigenvalue weighted by molar-refractivity contribution is 5.94. The zero-order valence-corrected chi connectivity index (χ0v) is 11.3. The predicted octanol–water partition coefficient (Wildman–Crippen LogP) is 1.65. The first-order valence-corrected chi connectivity index (χ1v) is 6.96. The molecule has 2 unspecified atom stereocenters. The Balaban J connectivity index is 1.84. The molecule has 2 aromatic heterocycles. The van der Waals surface area contributed by atoms with Crippen LogP contribution in [0.2, 0.25) is 0 Å². The number of fused-ring (bicyclic) bond motifs is 2. The summed E-state index contributed by atoms with van der Waals surface area (Å²) < 4.78 is 0. The summed E-state index contributed by atoms with van der Waals surface area (Å²) in [7, 11) is 0. The van der Waals surface area contributed by atoms with Crippen molar-refractivity contribution in [3.63, 3.8) is 0 Å². The molecule has 0 aromatic carbocycles. The molecule has 2 aliphatic rings. The molecule has 0 amide bonds. The zero-order chi connectivity index (χ0) is 13.9. The number of aromatic amines is 1. The normalized spacial score (nSPS) is 27.6. The molecule has 1 saturated carbocycles. The molecule has 2 atom stereocenters. The van der Waals surface area contributed by atoms with Crippen LogP contribution < -0.4 is 10.6 Å². The fraction of sp³-hybridized carbons (Fsp3) is 0.500. The smallest absolute Gasteiger partial charge is 0.223 e. The Morgan fingerprint density at radius 3 is 3.15 bits per heavy atom. The van der Waals surface area contributed by atoms with Crippen LogP contribution in [0.4, 0.5) is 11.8 Å². The highest BCUT2D eigenvalue weighted by Crippen LogP contribution is 2.60. The van der Waals surface area contributed by atoms with E-state index in [0.717, 1.165) is 30.2 Å². The molecule has 6 nitrogen and oxygen atoms in total. The van der Waals surface area contributed by atoms with Gasteiger partial charge >= 0.3 is 0 Å². The minimum Gasteiger partial charge on any atom is -0.368 e. The van der Waals surface area contributed by atoms with E-state index in [1.165, 1.54) is 12.8 Å². The van der Waals surface area contributed by atoms with Crippen molar-refractivity contribution in [3.8, 4) is 6.07 Å². The van der Waals surface area contributed by atoms with E-state index in [0.29, 0.717) is 16.6 Å². The molecule has 20 heavy (non-hydrogen) atoms. The minimum absolute atomic E-state index is 0.255. The third kappa shape index (κ3) is 1.38. The number of nitriles is 1. The minimum atomic E-state index is 0.255. The molecule has 1 saturated heterocycles. The molecular weight excluding hydrogens is 252 g/mol. The summed E-state index contributed by atoms with van der Waals surface area (Å²) in [6.07, 6.45) is 4.20. The summed E-state index contributed by atoms with van der Waals surface area (Å²) in [4.78, 5) is 13.9. The van der Waals surface area contributed by atoms with Gasteiger partial charge in [0, 0.05) is 19.3 Å². The first-order valence-electron chi connectivity index (χ1n) is 6.96. The van der Waals surface area contributed by atoms with Gasteiger partial charge in [0.15, 0.2) is 0 Å². The van der Waals surface area contributed by atoms with Crippen molar-refractivity contribution >= 4 is 22.8 Å². The maximum Gasteiger partial charge on any atom is 0.223 e. The number of nitrogens with zero attached hydrogens (tertiary/aromatic N) is 4. The Labute approximate surface area is 116 Å². The molecular formula is C14H16N6. The van der Waals surface area contributed by atoms with E-state index in [1.807, 2.05) is 0 Å². The van der Waals surface area contributed by atoms with Gasteiger partial charge in [0.05, 0.1) is 10.9 Å². The molecule has 0 spiro atoms. The third-order valence-electron chi connectivity index (χ3n) is 4.96. The molecule has 0 bridgehead atoms. The second kappa shape index (κ2) is 3.63. The second-order valence-corrected chi connectivity index (χ2v) is 5.94. The number of nitrogens with one attached hydrogen (secondary N) is 1. The van der Waals surface area contributed by atoms with Gasteiger partial charge in [-0.15, -0.1) is 0 Å². The van der Waals surface area contributed by atoms with Crippen LogP contribution >= 0.6 is 0 Å². The third-order valence-corrected chi connectivity index (χ3v) is 4.96. The number of anilines is 2. The van der Waals surface area contributed by atoms with Crippen molar-refractivity contribution in [3.05, 3.63) is 11.8 Å². The van der Waals surface area contributed by atoms with E-state index in [4.69, 9.17) is 5.73 Å². The summed E-state index contributed by atoms with van der Waals surface area (Å²) in [5.74, 6) is 1.83. The first-order chi connectivity index (χ1) is 9.66. The number of hydrogen-bond acceptors (Lipinski definition) is 5. The number of rotatable bonds is 2. The van der Waals surface area contributed by atoms with Gasteiger partial charge in [0.1, 0.15) is 17.5 Å². The average molecular weight is 268 g/mol. The van der Waals surface area contributed by atoms with Crippen molar-refractivity contribution in [2.75, 3.05) is 23.7 Å². The Kier molecular flexibility index (Phi) is 2.09. The molecule has 102 valence electrons. The number of nitrogens with two attached hydrogens (primary N) is 1. The Morgan fingerprint density at radius 1 is 1.60 bits per heavy atom. The molecule has 0 radical (unpaired) electrons. The number of nitrogen functional groups attached to an aromatic ring is 1. The fourth-order valence-corrected chi connectivity index (χ4v) is 3.65. The van der Waals surface area contributed by atoms with Gasteiger partial charge in [-0.25, -0.2) is 0 Å². The highest BCUT2D eigenvalue weighted by atomic mass is 15.3. The molecule has 3 heterocycles. The Bertz CT molecular complexity index is 738. The molecule has 2 aromatic rings. The van der Waals surface area contributed by atoms with Crippen molar-refractivity contribution in [1.29, 1.82) is 5.26 Å². The van der Waals surface area contributed by atoms with Gasteiger partial charge in [0.25, 0.3) is 0 Å². The Hall–Kier alpha value is -2.29. The van der Waals surface area contributed by atoms with Crippen molar-refractivity contribution < 1.29 is 0 Å². The van der Waals surface area contributed by atoms with Crippen molar-refractivity contribution in [2.24, 2.45) is 11.3 Å². The lowest BCUT2D eigenvalue weighted by Crippen LogP contribution is -2.26. The van der Waals surface area contributed by atoms with E-state index in [-0.39, 0.29) is 5.95 Å². The van der Waals surface area contributed by atoms with Crippen molar-refractivity contribution in [2.45, 2.75) is 19.8 Å². The van der Waals surface area contributed by atoms with Crippen molar-refractivity contribution in [1.82, 2.24) is 15.0 Å². The molecule has 1 aliphatic carbocycles. The summed E-state index contributed by atoms with van der Waals surface area (Å²) in [6, 6.07) is 2.20. The molecule has 2 fully saturated rings. The first kappa shape index (κ1) is 11.5. The highest BCUT2D eigenvalue weighted by Gasteiger charge is 2.58. The molecule has 3 N–H and O–H groups in total. The monoisotopic (exact) mass is 268 g/mol. The standard InChI is InChI=1S/C14H16N6/c1-2-14-3-9(14)6-20(7-14)12-10-8(4-15)5-17-11(10)18-13(16)19-12/h5,9H,2-3,6-7H2,1H3,(H3,16,17,18,19). The van der Waals surface area contributed by atoms with Crippen LogP contribution in [0, 0.1) is 22.7 Å². The van der Waals surface area contributed by atoms with Gasteiger partial charge in [-0.2, -0.15) is 15.2 Å². The van der Waals surface area contributed by atoms with Crippen LogP contribution in [0.25, 0.3) is 11.0 Å². The fourth-order valence-electron chi connectivity index (χ4n) is 3.65. The molecule has 4 rings (SSSR count). The number of H-pyrrole nitrogens is 1. The Morgan fingerprint density at radius 2 is 2.45 bits per heavy atom. The predicted molar refractivity (Wildman–Crippen MR) is 76.1 cm³/mol. The maximum atomic E-state index is 9.24. The van der Waals surface area contributed by atoms with Crippen LogP contribution in [-0.2, 0) is 0 Å². The summed E-state index contributed by atoms with van der Waals surface area (Å²) in [6.45, 7) is 4.27. The number of aromatic nitrogens is 3. The molecule has 1 aliphatic heterocycles. The SMILES string of the molecule is CCC12CC1CN(c1nc(N)nc3[nH]cc(C#N)c13)C2. The largest absolute Gasteiger partial charge is 0.368 e. The van der Waals surface area contributed by atoms with Crippen LogP contribution in [0.1, 0.15) is 25.3 Å². The maximum absolute atomic E-state index is 9.24. The van der Waals surface area contributed by atoms with Crippen LogP contribution in [0.5, 0.6) is 0 Å². The van der Waals surface area contributed by atoms with Gasteiger partial charge in [-0.3, -0.25) is 0 Å². The number of piperidine rings is 1. The van der Waals surface area contributed by atoms with E-state index < -0.39 is 0 Å². The lowest BCUT2D eigenvalue weighted by Gasteiger charge is -2.22. The topological polar surface area (TPSA) is 94.6 Å². The van der Waals surface area contributed by atoms with E-state index in [9.17, 15) is 5.26 Å². The van der Waals surface area contributed by atoms with Gasteiger partial charge < -0.3 is 15.6 Å². The van der Waals surface area contributed by atoms with E-state index in [2.05, 4.69) is 32.8 Å². The summed E-state index contributed by atoms with van der Waals surface area (Å²) in [5, 5.41) is 10.0. The van der Waals surface area contributed by atoms with Gasteiger partial charge in [-0.05, 0) is 24.2 Å². The van der Waals surface area contributed by atoms with Gasteiger partial charge in [0.2, 0.25) is 5.95 Å². The van der Waals surface area contributed by atoms with Crippen LogP contribution in [0.3, 0.4) is 0 Å². The lowest BCUT2D eigenvalue weighted by molar-refractivity contribution is 0.509.